The van der Waals surface area contributed by atoms with Crippen LogP contribution in [0.4, 0.5) is 0 Å². The highest BCUT2D eigenvalue weighted by molar-refractivity contribution is 5.69. The summed E-state index contributed by atoms with van der Waals surface area (Å²) in [5.41, 5.74) is 0.756. The van der Waals surface area contributed by atoms with Gasteiger partial charge in [-0.1, -0.05) is 34.1 Å². The number of carbonyl (C=O) groups is 1. The van der Waals surface area contributed by atoms with Crippen molar-refractivity contribution in [2.24, 2.45) is 52.3 Å². The molecule has 31 heavy (non-hydrogen) atoms. The zero-order valence-corrected chi connectivity index (χ0v) is 21.6. The molecule has 0 saturated heterocycles. The number of fused-ring (bicyclic) bond motifs is 5. The van der Waals surface area contributed by atoms with Crippen LogP contribution in [0.3, 0.4) is 0 Å². The summed E-state index contributed by atoms with van der Waals surface area (Å²) in [4.78, 5) is 12.3. The van der Waals surface area contributed by atoms with Gasteiger partial charge in [-0.15, -0.1) is 0 Å². The van der Waals surface area contributed by atoms with Crippen molar-refractivity contribution in [2.75, 3.05) is 0 Å². The Bertz CT molecular complexity index is 662. The number of ether oxygens (including phenoxy) is 1. The molecule has 0 spiro atoms. The van der Waals surface area contributed by atoms with Crippen LogP contribution < -0.4 is 0 Å². The zero-order valence-electron chi connectivity index (χ0n) is 21.6. The minimum absolute atomic E-state index is 0.0134. The van der Waals surface area contributed by atoms with Gasteiger partial charge in [-0.05, 0) is 131 Å². The smallest absolute Gasteiger partial charge is 0.306 e. The molecule has 0 aromatic rings. The highest BCUT2D eigenvalue weighted by Gasteiger charge is 2.60. The Labute approximate surface area is 192 Å². The van der Waals surface area contributed by atoms with Crippen LogP contribution in [-0.2, 0) is 9.53 Å². The lowest BCUT2D eigenvalue weighted by Crippen LogP contribution is -2.53. The molecule has 4 aliphatic carbocycles. The van der Waals surface area contributed by atoms with Gasteiger partial charge in [0.05, 0.1) is 0 Å². The molecular weight excluding hydrogens is 380 g/mol. The standard InChI is InChI=1S/C29H50O2/c1-19-14-16-28(6)21(18-19)9-10-22-24-12-11-23(29(24,7)17-15-25(22)28)20(2)8-13-26(30)31-27(3,4)5/h19-25H,8-18H2,1-7H3/t19-,20-,21-,22+,23-,24+,25+,28+,29-/m1/s1. The average molecular weight is 431 g/mol. The molecule has 4 fully saturated rings. The van der Waals surface area contributed by atoms with Crippen LogP contribution in [0.5, 0.6) is 0 Å². The second-order valence-corrected chi connectivity index (χ2v) is 13.9. The van der Waals surface area contributed by atoms with Crippen molar-refractivity contribution < 1.29 is 9.53 Å². The summed E-state index contributed by atoms with van der Waals surface area (Å²) < 4.78 is 5.58. The van der Waals surface area contributed by atoms with Gasteiger partial charge in [0.1, 0.15) is 5.60 Å². The number of hydrogen-bond donors (Lipinski definition) is 0. The fraction of sp³-hybridized carbons (Fsp3) is 0.966. The van der Waals surface area contributed by atoms with E-state index in [1.165, 1.54) is 57.8 Å². The molecular formula is C29H50O2. The van der Waals surface area contributed by atoms with Gasteiger partial charge < -0.3 is 4.74 Å². The molecule has 4 saturated carbocycles. The summed E-state index contributed by atoms with van der Waals surface area (Å²) in [6.45, 7) is 16.2. The van der Waals surface area contributed by atoms with Gasteiger partial charge in [-0.25, -0.2) is 0 Å². The Hall–Kier alpha value is -0.530. The van der Waals surface area contributed by atoms with Gasteiger partial charge in [0.25, 0.3) is 0 Å². The number of esters is 1. The summed E-state index contributed by atoms with van der Waals surface area (Å²) in [6.07, 6.45) is 14.7. The van der Waals surface area contributed by atoms with E-state index in [0.29, 0.717) is 23.2 Å². The van der Waals surface area contributed by atoms with Crippen LogP contribution in [0, 0.1) is 52.3 Å². The predicted molar refractivity (Wildman–Crippen MR) is 129 cm³/mol. The normalized spacial score (nSPS) is 45.9. The summed E-state index contributed by atoms with van der Waals surface area (Å²) in [6, 6.07) is 0. The summed E-state index contributed by atoms with van der Waals surface area (Å²) in [7, 11) is 0. The quantitative estimate of drug-likeness (QED) is 0.422. The van der Waals surface area contributed by atoms with E-state index in [-0.39, 0.29) is 11.6 Å². The van der Waals surface area contributed by atoms with E-state index in [1.807, 2.05) is 20.8 Å². The topological polar surface area (TPSA) is 26.3 Å². The van der Waals surface area contributed by atoms with Crippen molar-refractivity contribution in [1.82, 2.24) is 0 Å². The summed E-state index contributed by atoms with van der Waals surface area (Å²) in [5.74, 6) is 6.22. The largest absolute Gasteiger partial charge is 0.460 e. The van der Waals surface area contributed by atoms with Crippen molar-refractivity contribution in [3.8, 4) is 0 Å². The van der Waals surface area contributed by atoms with Gasteiger partial charge in [0, 0.05) is 6.42 Å². The first-order valence-corrected chi connectivity index (χ1v) is 13.7. The Morgan fingerprint density at radius 2 is 1.65 bits per heavy atom. The summed E-state index contributed by atoms with van der Waals surface area (Å²) in [5, 5.41) is 0. The Kier molecular flexibility index (Phi) is 6.37. The second-order valence-electron chi connectivity index (χ2n) is 13.9. The molecule has 178 valence electrons. The van der Waals surface area contributed by atoms with Gasteiger partial charge in [-0.2, -0.15) is 0 Å². The lowest BCUT2D eigenvalue weighted by atomic mass is 9.44. The van der Waals surface area contributed by atoms with Crippen molar-refractivity contribution in [1.29, 1.82) is 0 Å². The fourth-order valence-corrected chi connectivity index (χ4v) is 9.39. The molecule has 4 aliphatic rings. The molecule has 0 radical (unpaired) electrons. The molecule has 0 aromatic heterocycles. The van der Waals surface area contributed by atoms with Gasteiger partial charge in [-0.3, -0.25) is 4.79 Å². The number of hydrogen-bond acceptors (Lipinski definition) is 2. The zero-order chi connectivity index (χ0) is 22.6. The number of rotatable bonds is 4. The van der Waals surface area contributed by atoms with E-state index in [4.69, 9.17) is 4.74 Å². The monoisotopic (exact) mass is 430 g/mol. The first kappa shape index (κ1) is 23.6. The molecule has 0 N–H and O–H groups in total. The highest BCUT2D eigenvalue weighted by Crippen LogP contribution is 2.68. The molecule has 0 aromatic carbocycles. The fourth-order valence-electron chi connectivity index (χ4n) is 9.39. The highest BCUT2D eigenvalue weighted by atomic mass is 16.6. The Morgan fingerprint density at radius 1 is 0.968 bits per heavy atom. The van der Waals surface area contributed by atoms with Crippen LogP contribution in [0.25, 0.3) is 0 Å². The van der Waals surface area contributed by atoms with Crippen LogP contribution in [0.1, 0.15) is 119 Å². The third kappa shape index (κ3) is 4.35. The predicted octanol–water partition coefficient (Wildman–Crippen LogP) is 8.04. The maximum Gasteiger partial charge on any atom is 0.306 e. The van der Waals surface area contributed by atoms with Crippen molar-refractivity contribution >= 4 is 5.97 Å². The molecule has 4 rings (SSSR count). The Balaban J connectivity index is 1.42. The van der Waals surface area contributed by atoms with Crippen LogP contribution in [0.15, 0.2) is 0 Å². The summed E-state index contributed by atoms with van der Waals surface area (Å²) >= 11 is 0. The van der Waals surface area contributed by atoms with E-state index in [9.17, 15) is 4.79 Å². The molecule has 0 unspecified atom stereocenters. The van der Waals surface area contributed by atoms with Gasteiger partial charge in [0.15, 0.2) is 0 Å². The third-order valence-electron chi connectivity index (χ3n) is 10.9. The van der Waals surface area contributed by atoms with Crippen LogP contribution in [0.2, 0.25) is 0 Å². The van der Waals surface area contributed by atoms with Gasteiger partial charge >= 0.3 is 5.97 Å². The van der Waals surface area contributed by atoms with E-state index in [2.05, 4.69) is 27.7 Å². The molecule has 0 aliphatic heterocycles. The second kappa shape index (κ2) is 8.35. The third-order valence-corrected chi connectivity index (χ3v) is 10.9. The SMILES string of the molecule is C[C@@H]1CC[C@@]2(C)[C@H](CC[C@@H]3[C@@H]2CC[C@]2(C)[C@@H]([C@H](C)CCC(=O)OC(C)(C)C)CC[C@@H]32)C1. The molecule has 0 bridgehead atoms. The van der Waals surface area contributed by atoms with Crippen LogP contribution in [-0.4, -0.2) is 11.6 Å². The lowest BCUT2D eigenvalue weighted by Gasteiger charge is -2.61. The molecule has 0 amide bonds. The van der Waals surface area contributed by atoms with E-state index in [0.717, 1.165) is 41.9 Å². The maximum absolute atomic E-state index is 12.3. The molecule has 9 atom stereocenters. The first-order chi connectivity index (χ1) is 14.4. The van der Waals surface area contributed by atoms with E-state index < -0.39 is 0 Å². The average Bonchev–Trinajstić information content (AvgIpc) is 3.02. The lowest BCUT2D eigenvalue weighted by molar-refractivity contribution is -0.155. The minimum atomic E-state index is -0.366. The van der Waals surface area contributed by atoms with Crippen molar-refractivity contribution in [3.05, 3.63) is 0 Å². The molecule has 0 heterocycles. The number of carbonyl (C=O) groups excluding carboxylic acids is 1. The first-order valence-electron chi connectivity index (χ1n) is 13.7. The molecule has 2 nitrogen and oxygen atoms in total. The van der Waals surface area contributed by atoms with Crippen LogP contribution >= 0.6 is 0 Å². The minimum Gasteiger partial charge on any atom is -0.460 e. The van der Waals surface area contributed by atoms with E-state index >= 15 is 0 Å². The maximum atomic E-state index is 12.3. The van der Waals surface area contributed by atoms with Gasteiger partial charge in [0.2, 0.25) is 0 Å². The Morgan fingerprint density at radius 3 is 2.35 bits per heavy atom. The molecule has 2 heteroatoms. The van der Waals surface area contributed by atoms with Crippen molar-refractivity contribution in [3.63, 3.8) is 0 Å². The van der Waals surface area contributed by atoms with E-state index in [1.54, 1.807) is 0 Å². The van der Waals surface area contributed by atoms with Crippen molar-refractivity contribution in [2.45, 2.75) is 125 Å².